The second-order valence-electron chi connectivity index (χ2n) is 7.15. The van der Waals surface area contributed by atoms with Crippen LogP contribution in [-0.2, 0) is 17.9 Å². The van der Waals surface area contributed by atoms with E-state index < -0.39 is 0 Å². The van der Waals surface area contributed by atoms with Crippen molar-refractivity contribution >= 4 is 16.9 Å². The number of piperidine rings is 1. The van der Waals surface area contributed by atoms with Crippen molar-refractivity contribution in [2.45, 2.75) is 39.3 Å². The number of likely N-dealkylation sites (tertiary alicyclic amines) is 1. The third-order valence-electron chi connectivity index (χ3n) is 5.12. The smallest absolute Gasteiger partial charge is 0.242 e. The second-order valence-corrected chi connectivity index (χ2v) is 7.15. The van der Waals surface area contributed by atoms with Crippen molar-refractivity contribution in [3.8, 4) is 5.75 Å². The highest BCUT2D eigenvalue weighted by atomic mass is 16.5. The van der Waals surface area contributed by atoms with Crippen LogP contribution in [0.15, 0.2) is 48.5 Å². The van der Waals surface area contributed by atoms with Crippen LogP contribution in [0.5, 0.6) is 5.75 Å². The molecule has 5 nitrogen and oxygen atoms in total. The van der Waals surface area contributed by atoms with Crippen LogP contribution in [0.3, 0.4) is 0 Å². The van der Waals surface area contributed by atoms with Gasteiger partial charge in [-0.1, -0.05) is 29.8 Å². The molecule has 140 valence electrons. The number of imidazole rings is 1. The van der Waals surface area contributed by atoms with Crippen molar-refractivity contribution in [1.82, 2.24) is 14.5 Å². The normalized spacial score (nSPS) is 14.5. The number of ether oxygens (including phenoxy) is 1. The van der Waals surface area contributed by atoms with Crippen molar-refractivity contribution in [3.05, 3.63) is 59.9 Å². The fourth-order valence-electron chi connectivity index (χ4n) is 3.57. The summed E-state index contributed by atoms with van der Waals surface area (Å²) in [5.41, 5.74) is 3.07. The average Bonchev–Trinajstić information content (AvgIpc) is 3.06. The van der Waals surface area contributed by atoms with Gasteiger partial charge in [-0.3, -0.25) is 4.79 Å². The van der Waals surface area contributed by atoms with Crippen LogP contribution >= 0.6 is 0 Å². The molecule has 0 aliphatic carbocycles. The molecule has 3 aromatic rings. The summed E-state index contributed by atoms with van der Waals surface area (Å²) in [6.45, 7) is 4.43. The van der Waals surface area contributed by atoms with E-state index in [0.29, 0.717) is 13.2 Å². The van der Waals surface area contributed by atoms with E-state index in [1.54, 1.807) is 0 Å². The summed E-state index contributed by atoms with van der Waals surface area (Å²) in [6, 6.07) is 15.9. The van der Waals surface area contributed by atoms with Crippen LogP contribution in [0, 0.1) is 6.92 Å². The molecule has 0 atom stereocenters. The summed E-state index contributed by atoms with van der Waals surface area (Å²) in [4.78, 5) is 19.5. The summed E-state index contributed by atoms with van der Waals surface area (Å²) in [5, 5.41) is 0. The van der Waals surface area contributed by atoms with E-state index in [1.807, 2.05) is 58.0 Å². The van der Waals surface area contributed by atoms with E-state index >= 15 is 0 Å². The number of amides is 1. The Morgan fingerprint density at radius 2 is 1.78 bits per heavy atom. The Labute approximate surface area is 159 Å². The lowest BCUT2D eigenvalue weighted by molar-refractivity contribution is -0.132. The van der Waals surface area contributed by atoms with Crippen molar-refractivity contribution in [3.63, 3.8) is 0 Å². The second kappa shape index (κ2) is 7.82. The van der Waals surface area contributed by atoms with Gasteiger partial charge in [0.05, 0.1) is 11.0 Å². The van der Waals surface area contributed by atoms with E-state index in [0.717, 1.165) is 48.5 Å². The van der Waals surface area contributed by atoms with E-state index in [4.69, 9.17) is 9.72 Å². The number of fused-ring (bicyclic) bond motifs is 1. The molecule has 27 heavy (non-hydrogen) atoms. The van der Waals surface area contributed by atoms with Crippen LogP contribution in [0.4, 0.5) is 0 Å². The molecule has 0 saturated carbocycles. The minimum atomic E-state index is 0.162. The first kappa shape index (κ1) is 17.6. The van der Waals surface area contributed by atoms with Crippen molar-refractivity contribution in [2.24, 2.45) is 0 Å². The molecule has 0 bridgehead atoms. The lowest BCUT2D eigenvalue weighted by Crippen LogP contribution is -2.38. The molecule has 0 spiro atoms. The monoisotopic (exact) mass is 363 g/mol. The number of benzene rings is 2. The summed E-state index contributed by atoms with van der Waals surface area (Å²) in [5.74, 6) is 1.75. The minimum Gasteiger partial charge on any atom is -0.486 e. The van der Waals surface area contributed by atoms with E-state index in [1.165, 1.54) is 12.0 Å². The van der Waals surface area contributed by atoms with Gasteiger partial charge in [-0.15, -0.1) is 0 Å². The predicted molar refractivity (Wildman–Crippen MR) is 106 cm³/mol. The van der Waals surface area contributed by atoms with Gasteiger partial charge < -0.3 is 14.2 Å². The summed E-state index contributed by atoms with van der Waals surface area (Å²) < 4.78 is 7.94. The van der Waals surface area contributed by atoms with E-state index in [2.05, 4.69) is 6.92 Å². The number of aryl methyl sites for hydroxylation is 1. The first-order valence-electron chi connectivity index (χ1n) is 9.62. The zero-order chi connectivity index (χ0) is 18.6. The Hall–Kier alpha value is -2.82. The number of para-hydroxylation sites is 2. The minimum absolute atomic E-state index is 0.162. The maximum atomic E-state index is 12.8. The third-order valence-corrected chi connectivity index (χ3v) is 5.12. The standard InChI is InChI=1S/C22H25N3O2/c1-17-9-11-18(12-10-17)27-16-21-23-19-7-3-4-8-20(19)25(21)15-22(26)24-13-5-2-6-14-24/h3-4,7-12H,2,5-6,13-16H2,1H3. The zero-order valence-electron chi connectivity index (χ0n) is 15.7. The van der Waals surface area contributed by atoms with Crippen molar-refractivity contribution < 1.29 is 9.53 Å². The molecule has 1 fully saturated rings. The largest absolute Gasteiger partial charge is 0.486 e. The molecule has 1 saturated heterocycles. The average molecular weight is 363 g/mol. The van der Waals surface area contributed by atoms with Gasteiger partial charge in [0.1, 0.15) is 24.7 Å². The molecule has 2 aromatic carbocycles. The molecule has 1 aliphatic heterocycles. The van der Waals surface area contributed by atoms with Gasteiger partial charge in [0.15, 0.2) is 0 Å². The van der Waals surface area contributed by atoms with Gasteiger partial charge >= 0.3 is 0 Å². The molecule has 4 rings (SSSR count). The maximum Gasteiger partial charge on any atom is 0.242 e. The predicted octanol–water partition coefficient (Wildman–Crippen LogP) is 3.94. The SMILES string of the molecule is Cc1ccc(OCc2nc3ccccc3n2CC(=O)N2CCCCC2)cc1. The van der Waals surface area contributed by atoms with Crippen LogP contribution in [0.2, 0.25) is 0 Å². The number of carbonyl (C=O) groups is 1. The van der Waals surface area contributed by atoms with Crippen LogP contribution in [0.1, 0.15) is 30.7 Å². The van der Waals surface area contributed by atoms with Gasteiger partial charge in [-0.2, -0.15) is 0 Å². The summed E-state index contributed by atoms with van der Waals surface area (Å²) in [7, 11) is 0. The van der Waals surface area contributed by atoms with Crippen LogP contribution < -0.4 is 4.74 Å². The number of aromatic nitrogens is 2. The number of hydrogen-bond acceptors (Lipinski definition) is 3. The first-order chi connectivity index (χ1) is 13.2. The molecule has 5 heteroatoms. The molecule has 0 N–H and O–H groups in total. The zero-order valence-corrected chi connectivity index (χ0v) is 15.7. The maximum absolute atomic E-state index is 12.8. The molecular formula is C22H25N3O2. The molecule has 1 aromatic heterocycles. The Kier molecular flexibility index (Phi) is 5.10. The molecule has 2 heterocycles. The van der Waals surface area contributed by atoms with Gasteiger partial charge in [0.2, 0.25) is 5.91 Å². The first-order valence-corrected chi connectivity index (χ1v) is 9.62. The Bertz CT molecular complexity index is 924. The Morgan fingerprint density at radius 1 is 1.04 bits per heavy atom. The lowest BCUT2D eigenvalue weighted by atomic mass is 10.1. The van der Waals surface area contributed by atoms with Gasteiger partial charge in [-0.05, 0) is 50.5 Å². The number of rotatable bonds is 5. The molecular weight excluding hydrogens is 338 g/mol. The summed E-state index contributed by atoms with van der Waals surface area (Å²) in [6.07, 6.45) is 3.41. The third kappa shape index (κ3) is 3.97. The topological polar surface area (TPSA) is 47.4 Å². The lowest BCUT2D eigenvalue weighted by Gasteiger charge is -2.27. The fourth-order valence-corrected chi connectivity index (χ4v) is 3.57. The Balaban J connectivity index is 1.56. The van der Waals surface area contributed by atoms with Crippen LogP contribution in [0.25, 0.3) is 11.0 Å². The van der Waals surface area contributed by atoms with Gasteiger partial charge in [0.25, 0.3) is 0 Å². The van der Waals surface area contributed by atoms with Gasteiger partial charge in [-0.25, -0.2) is 4.98 Å². The number of nitrogens with zero attached hydrogens (tertiary/aromatic N) is 3. The molecule has 1 amide bonds. The number of carbonyl (C=O) groups excluding carboxylic acids is 1. The van der Waals surface area contributed by atoms with E-state index in [9.17, 15) is 4.79 Å². The van der Waals surface area contributed by atoms with Crippen molar-refractivity contribution in [2.75, 3.05) is 13.1 Å². The van der Waals surface area contributed by atoms with Crippen molar-refractivity contribution in [1.29, 1.82) is 0 Å². The molecule has 1 aliphatic rings. The molecule has 0 radical (unpaired) electrons. The number of hydrogen-bond donors (Lipinski definition) is 0. The highest BCUT2D eigenvalue weighted by Gasteiger charge is 2.20. The highest BCUT2D eigenvalue weighted by molar-refractivity contribution is 5.81. The quantitative estimate of drug-likeness (QED) is 0.690. The molecule has 0 unspecified atom stereocenters. The summed E-state index contributed by atoms with van der Waals surface area (Å²) >= 11 is 0. The van der Waals surface area contributed by atoms with E-state index in [-0.39, 0.29) is 5.91 Å². The highest BCUT2D eigenvalue weighted by Crippen LogP contribution is 2.20. The fraction of sp³-hybridized carbons (Fsp3) is 0.364. The van der Waals surface area contributed by atoms with Gasteiger partial charge in [0, 0.05) is 13.1 Å². The Morgan fingerprint density at radius 3 is 2.56 bits per heavy atom. The van der Waals surface area contributed by atoms with Crippen LogP contribution in [-0.4, -0.2) is 33.4 Å².